The average Bonchev–Trinajstić information content (AvgIpc) is 2.76. The Morgan fingerprint density at radius 2 is 2.05 bits per heavy atom. The van der Waals surface area contributed by atoms with Gasteiger partial charge in [0.2, 0.25) is 0 Å². The molecule has 0 bridgehead atoms. The summed E-state index contributed by atoms with van der Waals surface area (Å²) >= 11 is 0. The van der Waals surface area contributed by atoms with E-state index in [1.165, 1.54) is 44.2 Å². The summed E-state index contributed by atoms with van der Waals surface area (Å²) < 4.78 is 5.39. The van der Waals surface area contributed by atoms with Crippen molar-refractivity contribution in [1.82, 2.24) is 10.2 Å². The van der Waals surface area contributed by atoms with E-state index in [4.69, 9.17) is 4.42 Å². The molecule has 0 aliphatic heterocycles. The van der Waals surface area contributed by atoms with Crippen molar-refractivity contribution in [2.75, 3.05) is 27.2 Å². The highest BCUT2D eigenvalue weighted by Crippen LogP contribution is 2.36. The minimum absolute atomic E-state index is 0.472. The van der Waals surface area contributed by atoms with Crippen LogP contribution in [0.25, 0.3) is 0 Å². The standard InChI is InChI=1S/C16H28N2O/c1-14-15(7-10-19-14)11-18(3)13-16(12-17-2)8-5-4-6-9-16/h7,10,17H,4-6,8-9,11-13H2,1-3H3. The Morgan fingerprint density at radius 1 is 1.32 bits per heavy atom. The van der Waals surface area contributed by atoms with Gasteiger partial charge in [-0.2, -0.15) is 0 Å². The van der Waals surface area contributed by atoms with E-state index in [9.17, 15) is 0 Å². The molecule has 1 aliphatic carbocycles. The van der Waals surface area contributed by atoms with E-state index in [0.717, 1.165) is 18.8 Å². The first-order valence-electron chi connectivity index (χ1n) is 7.51. The molecule has 3 nitrogen and oxygen atoms in total. The fourth-order valence-corrected chi connectivity index (χ4v) is 3.56. The van der Waals surface area contributed by atoms with Crippen LogP contribution in [0.1, 0.15) is 43.4 Å². The zero-order valence-corrected chi connectivity index (χ0v) is 12.7. The normalized spacial score (nSPS) is 18.9. The molecule has 1 aromatic rings. The second-order valence-corrected chi connectivity index (χ2v) is 6.27. The fraction of sp³-hybridized carbons (Fsp3) is 0.750. The van der Waals surface area contributed by atoms with Crippen LogP contribution >= 0.6 is 0 Å². The number of hydrogen-bond donors (Lipinski definition) is 1. The number of hydrogen-bond acceptors (Lipinski definition) is 3. The summed E-state index contributed by atoms with van der Waals surface area (Å²) in [5, 5.41) is 3.41. The summed E-state index contributed by atoms with van der Waals surface area (Å²) in [6.07, 6.45) is 8.71. The second kappa shape index (κ2) is 6.58. The van der Waals surface area contributed by atoms with Gasteiger partial charge in [0.25, 0.3) is 0 Å². The summed E-state index contributed by atoms with van der Waals surface area (Å²) in [7, 11) is 4.31. The maximum absolute atomic E-state index is 5.39. The predicted octanol–water partition coefficient (Wildman–Crippen LogP) is 3.19. The van der Waals surface area contributed by atoms with E-state index in [0.29, 0.717) is 5.41 Å². The first-order valence-corrected chi connectivity index (χ1v) is 7.51. The van der Waals surface area contributed by atoms with Crippen molar-refractivity contribution in [2.45, 2.75) is 45.6 Å². The van der Waals surface area contributed by atoms with Crippen LogP contribution in [0.3, 0.4) is 0 Å². The number of nitrogens with zero attached hydrogens (tertiary/aromatic N) is 1. The summed E-state index contributed by atoms with van der Waals surface area (Å²) in [4.78, 5) is 2.46. The van der Waals surface area contributed by atoms with Gasteiger partial charge < -0.3 is 14.6 Å². The molecule has 0 unspecified atom stereocenters. The van der Waals surface area contributed by atoms with E-state index < -0.39 is 0 Å². The molecule has 1 saturated carbocycles. The topological polar surface area (TPSA) is 28.4 Å². The second-order valence-electron chi connectivity index (χ2n) is 6.27. The molecule has 1 heterocycles. The molecule has 0 amide bonds. The van der Waals surface area contributed by atoms with Gasteiger partial charge in [0.1, 0.15) is 5.76 Å². The summed E-state index contributed by atoms with van der Waals surface area (Å²) in [6.45, 7) is 5.36. The van der Waals surface area contributed by atoms with Crippen LogP contribution < -0.4 is 5.32 Å². The Kier molecular flexibility index (Phi) is 5.06. The molecule has 3 heteroatoms. The molecular weight excluding hydrogens is 236 g/mol. The van der Waals surface area contributed by atoms with Crippen molar-refractivity contribution in [1.29, 1.82) is 0 Å². The van der Waals surface area contributed by atoms with E-state index in [1.54, 1.807) is 6.26 Å². The van der Waals surface area contributed by atoms with Gasteiger partial charge in [-0.05, 0) is 45.3 Å². The van der Waals surface area contributed by atoms with E-state index in [1.807, 2.05) is 6.92 Å². The number of rotatable bonds is 6. The van der Waals surface area contributed by atoms with E-state index in [-0.39, 0.29) is 0 Å². The predicted molar refractivity (Wildman–Crippen MR) is 79.2 cm³/mol. The summed E-state index contributed by atoms with van der Waals surface area (Å²) in [5.41, 5.74) is 1.79. The highest BCUT2D eigenvalue weighted by Gasteiger charge is 2.32. The van der Waals surface area contributed by atoms with Gasteiger partial charge in [-0.1, -0.05) is 19.3 Å². The SMILES string of the molecule is CNCC1(CN(C)Cc2ccoc2C)CCCCC1. The Hall–Kier alpha value is -0.800. The van der Waals surface area contributed by atoms with Gasteiger partial charge in [-0.25, -0.2) is 0 Å². The summed E-state index contributed by atoms with van der Waals surface area (Å²) in [5.74, 6) is 1.05. The van der Waals surface area contributed by atoms with Crippen LogP contribution in [0.4, 0.5) is 0 Å². The number of nitrogens with one attached hydrogen (secondary N) is 1. The van der Waals surface area contributed by atoms with Crippen molar-refractivity contribution >= 4 is 0 Å². The zero-order chi connectivity index (χ0) is 13.7. The van der Waals surface area contributed by atoms with Crippen molar-refractivity contribution in [3.05, 3.63) is 23.7 Å². The Morgan fingerprint density at radius 3 is 2.63 bits per heavy atom. The maximum atomic E-state index is 5.39. The monoisotopic (exact) mass is 264 g/mol. The third-order valence-electron chi connectivity index (χ3n) is 4.48. The highest BCUT2D eigenvalue weighted by molar-refractivity contribution is 5.15. The van der Waals surface area contributed by atoms with Crippen molar-refractivity contribution in [3.8, 4) is 0 Å². The summed E-state index contributed by atoms with van der Waals surface area (Å²) in [6, 6.07) is 2.09. The molecule has 1 fully saturated rings. The van der Waals surface area contributed by atoms with Gasteiger partial charge in [0, 0.05) is 25.2 Å². The molecule has 1 aliphatic rings. The minimum Gasteiger partial charge on any atom is -0.469 e. The van der Waals surface area contributed by atoms with Crippen molar-refractivity contribution in [3.63, 3.8) is 0 Å². The van der Waals surface area contributed by atoms with Gasteiger partial charge >= 0.3 is 0 Å². The maximum Gasteiger partial charge on any atom is 0.105 e. The van der Waals surface area contributed by atoms with Crippen LogP contribution in [-0.2, 0) is 6.54 Å². The van der Waals surface area contributed by atoms with E-state index in [2.05, 4.69) is 30.4 Å². The van der Waals surface area contributed by atoms with Crippen LogP contribution in [0.15, 0.2) is 16.7 Å². The molecule has 1 N–H and O–H groups in total. The molecule has 0 radical (unpaired) electrons. The van der Waals surface area contributed by atoms with Crippen LogP contribution in [0, 0.1) is 12.3 Å². The number of furan rings is 1. The van der Waals surface area contributed by atoms with E-state index >= 15 is 0 Å². The van der Waals surface area contributed by atoms with Crippen LogP contribution in [0.2, 0.25) is 0 Å². The molecular formula is C16H28N2O. The molecule has 108 valence electrons. The molecule has 19 heavy (non-hydrogen) atoms. The highest BCUT2D eigenvalue weighted by atomic mass is 16.3. The average molecular weight is 264 g/mol. The fourth-order valence-electron chi connectivity index (χ4n) is 3.56. The lowest BCUT2D eigenvalue weighted by molar-refractivity contribution is 0.116. The molecule has 0 aromatic carbocycles. The van der Waals surface area contributed by atoms with Crippen molar-refractivity contribution in [2.24, 2.45) is 5.41 Å². The molecule has 0 saturated heterocycles. The van der Waals surface area contributed by atoms with Gasteiger partial charge in [-0.15, -0.1) is 0 Å². The quantitative estimate of drug-likeness (QED) is 0.855. The lowest BCUT2D eigenvalue weighted by Gasteiger charge is -2.40. The molecule has 0 atom stereocenters. The molecule has 1 aromatic heterocycles. The third kappa shape index (κ3) is 3.83. The Balaban J connectivity index is 1.94. The molecule has 2 rings (SSSR count). The first-order chi connectivity index (χ1) is 9.15. The van der Waals surface area contributed by atoms with Gasteiger partial charge in [0.05, 0.1) is 6.26 Å². The Labute approximate surface area is 117 Å². The minimum atomic E-state index is 0.472. The smallest absolute Gasteiger partial charge is 0.105 e. The largest absolute Gasteiger partial charge is 0.469 e. The Bertz CT molecular complexity index is 374. The van der Waals surface area contributed by atoms with Gasteiger partial charge in [-0.3, -0.25) is 0 Å². The van der Waals surface area contributed by atoms with Crippen molar-refractivity contribution < 1.29 is 4.42 Å². The third-order valence-corrected chi connectivity index (χ3v) is 4.48. The lowest BCUT2D eigenvalue weighted by atomic mass is 9.73. The first kappa shape index (κ1) is 14.6. The zero-order valence-electron chi connectivity index (χ0n) is 12.7. The van der Waals surface area contributed by atoms with Crippen LogP contribution in [-0.4, -0.2) is 32.1 Å². The lowest BCUT2D eigenvalue weighted by Crippen LogP contribution is -2.43. The number of aryl methyl sites for hydroxylation is 1. The van der Waals surface area contributed by atoms with Gasteiger partial charge in [0.15, 0.2) is 0 Å². The molecule has 0 spiro atoms. The van der Waals surface area contributed by atoms with Crippen LogP contribution in [0.5, 0.6) is 0 Å².